The van der Waals surface area contributed by atoms with Crippen LogP contribution < -0.4 is 10.5 Å². The van der Waals surface area contributed by atoms with Gasteiger partial charge in [-0.05, 0) is 19.1 Å². The second-order valence-corrected chi connectivity index (χ2v) is 6.80. The van der Waals surface area contributed by atoms with E-state index in [-0.39, 0.29) is 16.4 Å². The summed E-state index contributed by atoms with van der Waals surface area (Å²) in [5, 5.41) is 4.08. The summed E-state index contributed by atoms with van der Waals surface area (Å²) in [5.41, 5.74) is 7.77. The van der Waals surface area contributed by atoms with Crippen LogP contribution in [0.3, 0.4) is 0 Å². The topological polar surface area (TPSA) is 90.0 Å². The van der Waals surface area contributed by atoms with Crippen molar-refractivity contribution < 1.29 is 8.42 Å². The van der Waals surface area contributed by atoms with Crippen LogP contribution in [0.4, 0.5) is 0 Å². The Labute approximate surface area is 129 Å². The first-order valence-corrected chi connectivity index (χ1v) is 8.07. The highest BCUT2D eigenvalue weighted by Crippen LogP contribution is 2.13. The van der Waals surface area contributed by atoms with Crippen LogP contribution in [0.2, 0.25) is 0 Å². The van der Waals surface area contributed by atoms with Crippen LogP contribution in [0.1, 0.15) is 16.8 Å². The first-order chi connectivity index (χ1) is 9.81. The Balaban J connectivity index is 2.21. The van der Waals surface area contributed by atoms with Gasteiger partial charge < -0.3 is 5.73 Å². The molecule has 0 unspecified atom stereocenters. The van der Waals surface area contributed by atoms with E-state index in [1.165, 1.54) is 12.1 Å². The van der Waals surface area contributed by atoms with Crippen molar-refractivity contribution in [3.05, 3.63) is 47.3 Å². The average Bonchev–Trinajstić information content (AvgIpc) is 2.77. The number of aryl methyl sites for hydroxylation is 1. The van der Waals surface area contributed by atoms with Crippen LogP contribution in [0.5, 0.6) is 0 Å². The van der Waals surface area contributed by atoms with E-state index in [4.69, 9.17) is 18.0 Å². The fourth-order valence-electron chi connectivity index (χ4n) is 1.79. The Bertz CT molecular complexity index is 781. The highest BCUT2D eigenvalue weighted by atomic mass is 32.2. The maximum absolute atomic E-state index is 12.3. The predicted molar refractivity (Wildman–Crippen MR) is 84.3 cm³/mol. The van der Waals surface area contributed by atoms with Crippen molar-refractivity contribution in [2.24, 2.45) is 12.8 Å². The van der Waals surface area contributed by atoms with E-state index >= 15 is 0 Å². The third-order valence-corrected chi connectivity index (χ3v) is 4.85. The molecule has 0 aliphatic rings. The van der Waals surface area contributed by atoms with Gasteiger partial charge in [-0.15, -0.1) is 0 Å². The summed E-state index contributed by atoms with van der Waals surface area (Å²) in [6.45, 7) is 2.06. The number of hydrogen-bond donors (Lipinski definition) is 2. The van der Waals surface area contributed by atoms with Gasteiger partial charge in [0.05, 0.1) is 11.1 Å². The lowest BCUT2D eigenvalue weighted by atomic mass is 10.2. The minimum absolute atomic E-state index is 0.134. The van der Waals surface area contributed by atoms with Gasteiger partial charge in [-0.1, -0.05) is 24.4 Å². The van der Waals surface area contributed by atoms with Gasteiger partial charge in [0.1, 0.15) is 4.99 Å². The molecular weight excluding hydrogens is 308 g/mol. The maximum atomic E-state index is 12.3. The zero-order valence-corrected chi connectivity index (χ0v) is 13.3. The van der Waals surface area contributed by atoms with Crippen molar-refractivity contribution in [2.45, 2.75) is 18.4 Å². The third kappa shape index (κ3) is 3.46. The molecule has 112 valence electrons. The fourth-order valence-corrected chi connectivity index (χ4v) is 2.97. The molecule has 1 aromatic heterocycles. The SMILES string of the molecule is Cc1c(CNS(=O)(=O)c2cccc(C(N)=S)c2)cnn1C. The Morgan fingerprint density at radius 2 is 2.19 bits per heavy atom. The van der Waals surface area contributed by atoms with Gasteiger partial charge in [-0.25, -0.2) is 13.1 Å². The zero-order chi connectivity index (χ0) is 15.6. The van der Waals surface area contributed by atoms with E-state index < -0.39 is 10.0 Å². The van der Waals surface area contributed by atoms with Gasteiger partial charge in [0.2, 0.25) is 10.0 Å². The molecule has 0 atom stereocenters. The lowest BCUT2D eigenvalue weighted by Gasteiger charge is -2.08. The molecule has 0 saturated heterocycles. The minimum atomic E-state index is -3.62. The lowest BCUT2D eigenvalue weighted by Crippen LogP contribution is -2.24. The van der Waals surface area contributed by atoms with E-state index in [0.717, 1.165) is 11.3 Å². The summed E-state index contributed by atoms with van der Waals surface area (Å²) in [6, 6.07) is 6.24. The quantitative estimate of drug-likeness (QED) is 0.796. The first-order valence-electron chi connectivity index (χ1n) is 6.18. The van der Waals surface area contributed by atoms with Crippen LogP contribution in [0.25, 0.3) is 0 Å². The number of nitrogens with two attached hydrogens (primary N) is 1. The van der Waals surface area contributed by atoms with Gasteiger partial charge in [-0.3, -0.25) is 4.68 Å². The van der Waals surface area contributed by atoms with Crippen molar-refractivity contribution in [1.29, 1.82) is 0 Å². The van der Waals surface area contributed by atoms with Crippen molar-refractivity contribution in [3.8, 4) is 0 Å². The second kappa shape index (κ2) is 5.92. The molecule has 0 bridgehead atoms. The Morgan fingerprint density at radius 1 is 1.48 bits per heavy atom. The number of sulfonamides is 1. The smallest absolute Gasteiger partial charge is 0.240 e. The van der Waals surface area contributed by atoms with Crippen molar-refractivity contribution in [1.82, 2.24) is 14.5 Å². The summed E-state index contributed by atoms with van der Waals surface area (Å²) >= 11 is 4.86. The highest BCUT2D eigenvalue weighted by Gasteiger charge is 2.16. The molecule has 8 heteroatoms. The standard InChI is InChI=1S/C13H16N4O2S2/c1-9-11(7-15-17(9)2)8-16-21(18,19)12-5-3-4-10(6-12)13(14)20/h3-7,16H,8H2,1-2H3,(H2,14,20). The molecule has 0 spiro atoms. The zero-order valence-electron chi connectivity index (χ0n) is 11.7. The monoisotopic (exact) mass is 324 g/mol. The molecule has 0 radical (unpaired) electrons. The molecule has 6 nitrogen and oxygen atoms in total. The van der Waals surface area contributed by atoms with Crippen molar-refractivity contribution in [3.63, 3.8) is 0 Å². The van der Waals surface area contributed by atoms with Crippen LogP contribution >= 0.6 is 12.2 Å². The van der Waals surface area contributed by atoms with E-state index in [0.29, 0.717) is 5.56 Å². The number of thiocarbonyl (C=S) groups is 1. The molecule has 1 heterocycles. The second-order valence-electron chi connectivity index (χ2n) is 4.60. The number of aromatic nitrogens is 2. The number of benzene rings is 1. The Morgan fingerprint density at radius 3 is 2.76 bits per heavy atom. The van der Waals surface area contributed by atoms with Crippen molar-refractivity contribution >= 4 is 27.2 Å². The summed E-state index contributed by atoms with van der Waals surface area (Å²) < 4.78 is 28.8. The van der Waals surface area contributed by atoms with Gasteiger partial charge in [-0.2, -0.15) is 5.10 Å². The lowest BCUT2D eigenvalue weighted by molar-refractivity contribution is 0.581. The summed E-state index contributed by atoms with van der Waals surface area (Å²) in [5.74, 6) is 0. The molecule has 0 aliphatic heterocycles. The summed E-state index contributed by atoms with van der Waals surface area (Å²) in [6.07, 6.45) is 1.64. The number of rotatable bonds is 5. The molecule has 0 aliphatic carbocycles. The molecule has 2 aromatic rings. The van der Waals surface area contributed by atoms with Gasteiger partial charge in [0.25, 0.3) is 0 Å². The van der Waals surface area contributed by atoms with E-state index in [9.17, 15) is 8.42 Å². The minimum Gasteiger partial charge on any atom is -0.389 e. The van der Waals surface area contributed by atoms with Crippen LogP contribution in [-0.4, -0.2) is 23.2 Å². The third-order valence-electron chi connectivity index (χ3n) is 3.22. The molecule has 0 saturated carbocycles. The summed E-state index contributed by atoms with van der Waals surface area (Å²) in [4.78, 5) is 0.296. The molecule has 1 aromatic carbocycles. The van der Waals surface area contributed by atoms with Gasteiger partial charge >= 0.3 is 0 Å². The Kier molecular flexibility index (Phi) is 4.40. The normalized spacial score (nSPS) is 11.5. The molecule has 2 rings (SSSR count). The van der Waals surface area contributed by atoms with Crippen molar-refractivity contribution in [2.75, 3.05) is 0 Å². The molecular formula is C13H16N4O2S2. The van der Waals surface area contributed by atoms with Crippen LogP contribution in [0, 0.1) is 6.92 Å². The average molecular weight is 324 g/mol. The molecule has 0 amide bonds. The Hall–Kier alpha value is -1.77. The number of nitrogens with zero attached hydrogens (tertiary/aromatic N) is 2. The predicted octanol–water partition coefficient (Wildman–Crippen LogP) is 0.841. The highest BCUT2D eigenvalue weighted by molar-refractivity contribution is 7.89. The van der Waals surface area contributed by atoms with Gasteiger partial charge in [0.15, 0.2) is 0 Å². The van der Waals surface area contributed by atoms with E-state index in [2.05, 4.69) is 9.82 Å². The fraction of sp³-hybridized carbons (Fsp3) is 0.231. The number of hydrogen-bond acceptors (Lipinski definition) is 4. The summed E-state index contributed by atoms with van der Waals surface area (Å²) in [7, 11) is -1.82. The molecule has 3 N–H and O–H groups in total. The first kappa shape index (κ1) is 15.6. The number of nitrogens with one attached hydrogen (secondary N) is 1. The molecule has 21 heavy (non-hydrogen) atoms. The molecule has 0 fully saturated rings. The van der Waals surface area contributed by atoms with Gasteiger partial charge in [0, 0.05) is 30.4 Å². The van der Waals surface area contributed by atoms with Crippen LogP contribution in [-0.2, 0) is 23.6 Å². The van der Waals surface area contributed by atoms with Crippen LogP contribution in [0.15, 0.2) is 35.4 Å². The van der Waals surface area contributed by atoms with E-state index in [1.807, 2.05) is 6.92 Å². The largest absolute Gasteiger partial charge is 0.389 e. The van der Waals surface area contributed by atoms with E-state index in [1.54, 1.807) is 30.1 Å². The maximum Gasteiger partial charge on any atom is 0.240 e.